The molecule has 0 radical (unpaired) electrons. The van der Waals surface area contributed by atoms with Crippen LogP contribution in [0.4, 0.5) is 5.69 Å². The van der Waals surface area contributed by atoms with Gasteiger partial charge in [0.1, 0.15) is 0 Å². The lowest BCUT2D eigenvalue weighted by Gasteiger charge is -2.30. The molecule has 0 aliphatic heterocycles. The third kappa shape index (κ3) is 4.78. The van der Waals surface area contributed by atoms with E-state index >= 15 is 0 Å². The number of benzene rings is 1. The maximum atomic E-state index is 3.40. The highest BCUT2D eigenvalue weighted by Crippen LogP contribution is 2.23. The van der Waals surface area contributed by atoms with Gasteiger partial charge in [0.05, 0.1) is 0 Å². The Morgan fingerprint density at radius 2 is 1.82 bits per heavy atom. The van der Waals surface area contributed by atoms with E-state index < -0.39 is 0 Å². The zero-order chi connectivity index (χ0) is 12.9. The van der Waals surface area contributed by atoms with Gasteiger partial charge < -0.3 is 10.2 Å². The molecule has 1 N–H and O–H groups in total. The van der Waals surface area contributed by atoms with Crippen LogP contribution in [0.3, 0.4) is 0 Å². The minimum atomic E-state index is 0.319. The highest BCUT2D eigenvalue weighted by Gasteiger charge is 2.15. The number of hydrogen-bond acceptors (Lipinski definition) is 2. The largest absolute Gasteiger partial charge is 0.374 e. The van der Waals surface area contributed by atoms with Gasteiger partial charge >= 0.3 is 0 Å². The standard InChI is InChI=1S/C15H26N2/c1-6-16-11-13-9-7-8-10-14(13)17(5)12-15(2,3)4/h7-10,16H,6,11-12H2,1-5H3. The average Bonchev–Trinajstić information content (AvgIpc) is 2.24. The van der Waals surface area contributed by atoms with Crippen LogP contribution in [0.5, 0.6) is 0 Å². The normalized spacial score (nSPS) is 11.6. The Kier molecular flexibility index (Phi) is 5.01. The van der Waals surface area contributed by atoms with Crippen molar-refractivity contribution < 1.29 is 0 Å². The first-order valence-corrected chi connectivity index (χ1v) is 6.44. The van der Waals surface area contributed by atoms with Crippen LogP contribution in [0.25, 0.3) is 0 Å². The Bertz CT molecular complexity index is 339. The topological polar surface area (TPSA) is 15.3 Å². The van der Waals surface area contributed by atoms with Gasteiger partial charge in [-0.2, -0.15) is 0 Å². The van der Waals surface area contributed by atoms with Gasteiger partial charge in [0.2, 0.25) is 0 Å². The van der Waals surface area contributed by atoms with Gasteiger partial charge in [0, 0.05) is 25.8 Å². The number of para-hydroxylation sites is 1. The summed E-state index contributed by atoms with van der Waals surface area (Å²) in [6.07, 6.45) is 0. The first kappa shape index (κ1) is 14.0. The SMILES string of the molecule is CCNCc1ccccc1N(C)CC(C)(C)C. The summed E-state index contributed by atoms with van der Waals surface area (Å²) in [4.78, 5) is 2.35. The summed E-state index contributed by atoms with van der Waals surface area (Å²) >= 11 is 0. The smallest absolute Gasteiger partial charge is 0.0409 e. The minimum Gasteiger partial charge on any atom is -0.374 e. The van der Waals surface area contributed by atoms with Gasteiger partial charge in [-0.3, -0.25) is 0 Å². The van der Waals surface area contributed by atoms with Crippen LogP contribution in [0.1, 0.15) is 33.3 Å². The molecule has 0 saturated carbocycles. The fraction of sp³-hybridized carbons (Fsp3) is 0.600. The molecule has 1 aromatic rings. The van der Waals surface area contributed by atoms with E-state index in [1.807, 2.05) is 0 Å². The first-order valence-electron chi connectivity index (χ1n) is 6.44. The average molecular weight is 234 g/mol. The molecule has 0 atom stereocenters. The quantitative estimate of drug-likeness (QED) is 0.841. The fourth-order valence-electron chi connectivity index (χ4n) is 2.09. The van der Waals surface area contributed by atoms with Crippen molar-refractivity contribution in [3.8, 4) is 0 Å². The fourth-order valence-corrected chi connectivity index (χ4v) is 2.09. The van der Waals surface area contributed by atoms with E-state index in [-0.39, 0.29) is 0 Å². The predicted molar refractivity (Wildman–Crippen MR) is 76.5 cm³/mol. The summed E-state index contributed by atoms with van der Waals surface area (Å²) in [6, 6.07) is 8.64. The molecule has 2 nitrogen and oxygen atoms in total. The third-order valence-electron chi connectivity index (χ3n) is 2.68. The van der Waals surface area contributed by atoms with Crippen molar-refractivity contribution in [1.82, 2.24) is 5.32 Å². The Morgan fingerprint density at radius 3 is 2.41 bits per heavy atom. The number of hydrogen-bond donors (Lipinski definition) is 1. The van der Waals surface area contributed by atoms with Crippen molar-refractivity contribution in [2.24, 2.45) is 5.41 Å². The van der Waals surface area contributed by atoms with Gasteiger partial charge in [0.15, 0.2) is 0 Å². The van der Waals surface area contributed by atoms with Crippen molar-refractivity contribution >= 4 is 5.69 Å². The highest BCUT2D eigenvalue weighted by atomic mass is 15.1. The lowest BCUT2D eigenvalue weighted by molar-refractivity contribution is 0.418. The van der Waals surface area contributed by atoms with Crippen molar-refractivity contribution in [2.45, 2.75) is 34.2 Å². The van der Waals surface area contributed by atoms with Gasteiger partial charge in [-0.25, -0.2) is 0 Å². The Labute approximate surface area is 106 Å². The summed E-state index contributed by atoms with van der Waals surface area (Å²) in [5, 5.41) is 3.40. The molecule has 0 spiro atoms. The van der Waals surface area contributed by atoms with Gasteiger partial charge in [-0.1, -0.05) is 45.9 Å². The summed E-state index contributed by atoms with van der Waals surface area (Å²) in [6.45, 7) is 12.0. The van der Waals surface area contributed by atoms with E-state index in [0.29, 0.717) is 5.41 Å². The molecule has 0 bridgehead atoms. The van der Waals surface area contributed by atoms with E-state index in [1.54, 1.807) is 0 Å². The van der Waals surface area contributed by atoms with Gasteiger partial charge in [0.25, 0.3) is 0 Å². The molecule has 0 saturated heterocycles. The highest BCUT2D eigenvalue weighted by molar-refractivity contribution is 5.53. The molecule has 1 rings (SSSR count). The molecule has 0 unspecified atom stereocenters. The number of nitrogens with zero attached hydrogens (tertiary/aromatic N) is 1. The first-order chi connectivity index (χ1) is 7.94. The molecule has 17 heavy (non-hydrogen) atoms. The maximum Gasteiger partial charge on any atom is 0.0409 e. The zero-order valence-electron chi connectivity index (χ0n) is 11.9. The molecule has 96 valence electrons. The minimum absolute atomic E-state index is 0.319. The van der Waals surface area contributed by atoms with Crippen LogP contribution in [0.15, 0.2) is 24.3 Å². The molecular formula is C15H26N2. The van der Waals surface area contributed by atoms with Crippen LogP contribution in [-0.4, -0.2) is 20.1 Å². The van der Waals surface area contributed by atoms with Gasteiger partial charge in [-0.15, -0.1) is 0 Å². The van der Waals surface area contributed by atoms with E-state index in [0.717, 1.165) is 19.6 Å². The Morgan fingerprint density at radius 1 is 1.18 bits per heavy atom. The van der Waals surface area contributed by atoms with Crippen LogP contribution in [0.2, 0.25) is 0 Å². The van der Waals surface area contributed by atoms with E-state index in [1.165, 1.54) is 11.3 Å². The lowest BCUT2D eigenvalue weighted by atomic mass is 9.95. The van der Waals surface area contributed by atoms with Gasteiger partial charge in [-0.05, 0) is 23.6 Å². The van der Waals surface area contributed by atoms with E-state index in [4.69, 9.17) is 0 Å². The molecular weight excluding hydrogens is 208 g/mol. The Balaban J connectivity index is 2.81. The summed E-state index contributed by atoms with van der Waals surface area (Å²) < 4.78 is 0. The number of nitrogens with one attached hydrogen (secondary N) is 1. The molecule has 2 heteroatoms. The monoisotopic (exact) mass is 234 g/mol. The second-order valence-electron chi connectivity index (χ2n) is 5.83. The third-order valence-corrected chi connectivity index (χ3v) is 2.68. The summed E-state index contributed by atoms with van der Waals surface area (Å²) in [5.74, 6) is 0. The number of anilines is 1. The molecule has 0 fully saturated rings. The summed E-state index contributed by atoms with van der Waals surface area (Å²) in [7, 11) is 2.18. The van der Waals surface area contributed by atoms with Crippen molar-refractivity contribution in [3.05, 3.63) is 29.8 Å². The van der Waals surface area contributed by atoms with Crippen molar-refractivity contribution in [3.63, 3.8) is 0 Å². The Hall–Kier alpha value is -1.02. The van der Waals surface area contributed by atoms with E-state index in [2.05, 4.69) is 69.2 Å². The predicted octanol–water partition coefficient (Wildman–Crippen LogP) is 3.28. The van der Waals surface area contributed by atoms with Crippen LogP contribution < -0.4 is 10.2 Å². The molecule has 0 aliphatic carbocycles. The van der Waals surface area contributed by atoms with Crippen molar-refractivity contribution in [1.29, 1.82) is 0 Å². The van der Waals surface area contributed by atoms with Crippen LogP contribution in [0, 0.1) is 5.41 Å². The maximum absolute atomic E-state index is 3.40. The lowest BCUT2D eigenvalue weighted by Crippen LogP contribution is -2.30. The van der Waals surface area contributed by atoms with Crippen molar-refractivity contribution in [2.75, 3.05) is 25.0 Å². The molecule has 0 amide bonds. The zero-order valence-corrected chi connectivity index (χ0v) is 11.9. The molecule has 0 heterocycles. The second-order valence-corrected chi connectivity index (χ2v) is 5.83. The van der Waals surface area contributed by atoms with Crippen LogP contribution in [-0.2, 0) is 6.54 Å². The number of rotatable bonds is 5. The molecule has 0 aliphatic rings. The molecule has 1 aromatic carbocycles. The van der Waals surface area contributed by atoms with E-state index in [9.17, 15) is 0 Å². The van der Waals surface area contributed by atoms with Crippen LogP contribution >= 0.6 is 0 Å². The second kappa shape index (κ2) is 6.06. The molecule has 0 aromatic heterocycles. The summed E-state index contributed by atoms with van der Waals surface area (Å²) in [5.41, 5.74) is 3.03.